The molecule has 0 saturated heterocycles. The van der Waals surface area contributed by atoms with Crippen molar-refractivity contribution in [1.29, 1.82) is 0 Å². The van der Waals surface area contributed by atoms with Crippen molar-refractivity contribution >= 4 is 35.0 Å². The van der Waals surface area contributed by atoms with Crippen molar-refractivity contribution in [2.75, 3.05) is 7.11 Å². The lowest BCUT2D eigenvalue weighted by atomic mass is 9.87. The van der Waals surface area contributed by atoms with Crippen LogP contribution in [0.3, 0.4) is 0 Å². The molecule has 108 valence electrons. The minimum absolute atomic E-state index is 0.0717. The van der Waals surface area contributed by atoms with Gasteiger partial charge in [-0.3, -0.25) is 9.59 Å². The molecule has 2 rings (SSSR count). The fourth-order valence-electron chi connectivity index (χ4n) is 3.45. The van der Waals surface area contributed by atoms with Crippen LogP contribution in [0.1, 0.15) is 39.0 Å². The van der Waals surface area contributed by atoms with Crippen LogP contribution in [-0.4, -0.2) is 23.2 Å². The fraction of sp³-hybridized carbons (Fsp3) is 0.857. The summed E-state index contributed by atoms with van der Waals surface area (Å²) in [6.45, 7) is 2.06. The number of carbonyl (C=O) groups excluding carboxylic acids is 2. The van der Waals surface area contributed by atoms with Crippen molar-refractivity contribution in [3.63, 3.8) is 0 Å². The van der Waals surface area contributed by atoms with Gasteiger partial charge in [0, 0.05) is 18.8 Å². The molecule has 4 atom stereocenters. The lowest BCUT2D eigenvalue weighted by Gasteiger charge is -2.17. The number of rotatable bonds is 5. The lowest BCUT2D eigenvalue weighted by Crippen LogP contribution is -2.20. The SMILES string of the molecule is CCC1C(CC2C(=O)CCC2CC(=O)OC)C1(Cl)Cl. The summed E-state index contributed by atoms with van der Waals surface area (Å²) in [7, 11) is 1.38. The van der Waals surface area contributed by atoms with E-state index in [-0.39, 0.29) is 35.4 Å². The number of halogens is 2. The van der Waals surface area contributed by atoms with E-state index < -0.39 is 4.33 Å². The number of ketones is 1. The molecule has 0 amide bonds. The van der Waals surface area contributed by atoms with E-state index in [1.807, 2.05) is 0 Å². The average molecular weight is 307 g/mol. The van der Waals surface area contributed by atoms with Crippen LogP contribution in [0.15, 0.2) is 0 Å². The Labute approximate surface area is 124 Å². The van der Waals surface area contributed by atoms with Crippen molar-refractivity contribution in [3.05, 3.63) is 0 Å². The Morgan fingerprint density at radius 1 is 1.42 bits per heavy atom. The van der Waals surface area contributed by atoms with Gasteiger partial charge in [-0.15, -0.1) is 23.2 Å². The Kier molecular flexibility index (Phi) is 4.46. The van der Waals surface area contributed by atoms with E-state index >= 15 is 0 Å². The van der Waals surface area contributed by atoms with Gasteiger partial charge in [-0.05, 0) is 30.6 Å². The number of ether oxygens (including phenoxy) is 1. The van der Waals surface area contributed by atoms with Crippen LogP contribution >= 0.6 is 23.2 Å². The Hall–Kier alpha value is -0.280. The first-order chi connectivity index (χ1) is 8.91. The number of alkyl halides is 2. The van der Waals surface area contributed by atoms with E-state index in [1.165, 1.54) is 7.11 Å². The number of carbonyl (C=O) groups is 2. The number of esters is 1. The molecule has 0 spiro atoms. The van der Waals surface area contributed by atoms with Crippen LogP contribution in [0.25, 0.3) is 0 Å². The number of hydrogen-bond acceptors (Lipinski definition) is 3. The minimum Gasteiger partial charge on any atom is -0.469 e. The van der Waals surface area contributed by atoms with Crippen LogP contribution in [0, 0.1) is 23.7 Å². The summed E-state index contributed by atoms with van der Waals surface area (Å²) in [6.07, 6.45) is 3.31. The molecule has 2 aliphatic rings. The third-order valence-electron chi connectivity index (χ3n) is 4.71. The quantitative estimate of drug-likeness (QED) is 0.578. The third-order valence-corrected chi connectivity index (χ3v) is 5.83. The molecule has 0 aliphatic heterocycles. The highest BCUT2D eigenvalue weighted by Gasteiger charge is 2.62. The molecule has 4 unspecified atom stereocenters. The summed E-state index contributed by atoms with van der Waals surface area (Å²) in [6, 6.07) is 0. The Morgan fingerprint density at radius 2 is 2.11 bits per heavy atom. The van der Waals surface area contributed by atoms with Crippen LogP contribution in [0.5, 0.6) is 0 Å². The van der Waals surface area contributed by atoms with Gasteiger partial charge in [0.1, 0.15) is 10.1 Å². The molecule has 0 N–H and O–H groups in total. The lowest BCUT2D eigenvalue weighted by molar-refractivity contribution is -0.142. The van der Waals surface area contributed by atoms with Crippen molar-refractivity contribution < 1.29 is 14.3 Å². The average Bonchev–Trinajstić information content (AvgIpc) is 2.72. The predicted octanol–water partition coefficient (Wildman–Crippen LogP) is 3.36. The normalized spacial score (nSPS) is 36.3. The smallest absolute Gasteiger partial charge is 0.305 e. The summed E-state index contributed by atoms with van der Waals surface area (Å²) in [4.78, 5) is 23.4. The summed E-state index contributed by atoms with van der Waals surface area (Å²) in [5.41, 5.74) is 0. The highest BCUT2D eigenvalue weighted by molar-refractivity contribution is 6.51. The zero-order valence-electron chi connectivity index (χ0n) is 11.3. The minimum atomic E-state index is -0.673. The molecule has 19 heavy (non-hydrogen) atoms. The van der Waals surface area contributed by atoms with E-state index in [0.29, 0.717) is 19.3 Å². The molecular weight excluding hydrogens is 287 g/mol. The molecule has 5 heteroatoms. The highest BCUT2D eigenvalue weighted by Crippen LogP contribution is 2.63. The molecule has 2 fully saturated rings. The van der Waals surface area contributed by atoms with Crippen molar-refractivity contribution in [3.8, 4) is 0 Å². The van der Waals surface area contributed by atoms with E-state index in [9.17, 15) is 9.59 Å². The highest BCUT2D eigenvalue weighted by atomic mass is 35.5. The maximum Gasteiger partial charge on any atom is 0.305 e. The molecule has 0 aromatic heterocycles. The van der Waals surface area contributed by atoms with Gasteiger partial charge >= 0.3 is 5.97 Å². The van der Waals surface area contributed by atoms with Crippen LogP contribution in [0.4, 0.5) is 0 Å². The Morgan fingerprint density at radius 3 is 2.63 bits per heavy atom. The molecule has 0 bridgehead atoms. The molecule has 0 heterocycles. The molecule has 3 nitrogen and oxygen atoms in total. The second-order valence-electron chi connectivity index (χ2n) is 5.68. The second-order valence-corrected chi connectivity index (χ2v) is 7.13. The van der Waals surface area contributed by atoms with Gasteiger partial charge in [0.2, 0.25) is 0 Å². The zero-order chi connectivity index (χ0) is 14.2. The maximum atomic E-state index is 12.0. The molecule has 0 aromatic carbocycles. The molecule has 0 radical (unpaired) electrons. The standard InChI is InChI=1S/C14H20Cl2O3/c1-3-10-11(14(10,15)16)7-9-8(4-5-12(9)17)6-13(18)19-2/h8-11H,3-7H2,1-2H3. The van der Waals surface area contributed by atoms with E-state index in [0.717, 1.165) is 12.8 Å². The fourth-order valence-corrected chi connectivity index (χ4v) is 4.42. The van der Waals surface area contributed by atoms with Crippen LogP contribution < -0.4 is 0 Å². The van der Waals surface area contributed by atoms with Crippen molar-refractivity contribution in [2.45, 2.75) is 43.4 Å². The van der Waals surface area contributed by atoms with Gasteiger partial charge in [-0.25, -0.2) is 0 Å². The van der Waals surface area contributed by atoms with E-state index in [4.69, 9.17) is 27.9 Å². The summed E-state index contributed by atoms with van der Waals surface area (Å²) in [5.74, 6) is 0.506. The topological polar surface area (TPSA) is 43.4 Å². The Balaban J connectivity index is 1.97. The first-order valence-electron chi connectivity index (χ1n) is 6.89. The number of methoxy groups -OCH3 is 1. The molecule has 0 aromatic rings. The Bertz CT molecular complexity index is 381. The largest absolute Gasteiger partial charge is 0.469 e. The van der Waals surface area contributed by atoms with Crippen LogP contribution in [-0.2, 0) is 14.3 Å². The predicted molar refractivity (Wildman–Crippen MR) is 74.2 cm³/mol. The summed E-state index contributed by atoms with van der Waals surface area (Å²) < 4.78 is 4.02. The first-order valence-corrected chi connectivity index (χ1v) is 7.64. The summed E-state index contributed by atoms with van der Waals surface area (Å²) in [5, 5.41) is 0. The van der Waals surface area contributed by atoms with Gasteiger partial charge in [0.25, 0.3) is 0 Å². The van der Waals surface area contributed by atoms with Gasteiger partial charge < -0.3 is 4.74 Å². The van der Waals surface area contributed by atoms with Crippen molar-refractivity contribution in [1.82, 2.24) is 0 Å². The van der Waals surface area contributed by atoms with E-state index in [1.54, 1.807) is 0 Å². The number of hydrogen-bond donors (Lipinski definition) is 0. The zero-order valence-corrected chi connectivity index (χ0v) is 12.8. The van der Waals surface area contributed by atoms with Crippen LogP contribution in [0.2, 0.25) is 0 Å². The maximum absolute atomic E-state index is 12.0. The van der Waals surface area contributed by atoms with Gasteiger partial charge in [-0.2, -0.15) is 0 Å². The first kappa shape index (κ1) is 15.1. The third kappa shape index (κ3) is 2.92. The summed E-state index contributed by atoms with van der Waals surface area (Å²) >= 11 is 12.5. The van der Waals surface area contributed by atoms with Gasteiger partial charge in [0.05, 0.1) is 7.11 Å². The molecule has 2 aliphatic carbocycles. The van der Waals surface area contributed by atoms with Crippen molar-refractivity contribution in [2.24, 2.45) is 23.7 Å². The monoisotopic (exact) mass is 306 g/mol. The van der Waals surface area contributed by atoms with Gasteiger partial charge in [-0.1, -0.05) is 13.3 Å². The molecule has 2 saturated carbocycles. The van der Waals surface area contributed by atoms with Gasteiger partial charge in [0.15, 0.2) is 0 Å². The second kappa shape index (κ2) is 5.61. The molecular formula is C14H20Cl2O3. The number of Topliss-reactive ketones (excluding diaryl/α,β-unsaturated/α-hetero) is 1. The van der Waals surface area contributed by atoms with E-state index in [2.05, 4.69) is 6.92 Å².